The number of pyridine rings is 1. The van der Waals surface area contributed by atoms with Crippen molar-refractivity contribution in [2.45, 2.75) is 32.2 Å². The second-order valence-electron chi connectivity index (χ2n) is 8.56. The summed E-state index contributed by atoms with van der Waals surface area (Å²) < 4.78 is 0. The van der Waals surface area contributed by atoms with Gasteiger partial charge in [0.25, 0.3) is 0 Å². The molecular formula is C22H27ClN4. The van der Waals surface area contributed by atoms with Gasteiger partial charge in [-0.25, -0.2) is 0 Å². The van der Waals surface area contributed by atoms with Gasteiger partial charge in [0, 0.05) is 61.6 Å². The highest BCUT2D eigenvalue weighted by molar-refractivity contribution is 6.29. The van der Waals surface area contributed by atoms with Crippen LogP contribution in [0.25, 0.3) is 0 Å². The van der Waals surface area contributed by atoms with Gasteiger partial charge in [0.15, 0.2) is 0 Å². The number of likely N-dealkylation sites (tertiary alicyclic amines) is 2. The standard InChI is InChI=1S/C22H27ClN4/c1-17(27-10-4-5-18-11-19(23)7-8-21(18)27)26-15-22(16-26)13-25(14-22)12-20-6-2-3-9-24-20/h2-3,6,9,11H,1,4-5,7-8,10,12-16H2. The molecule has 3 aliphatic heterocycles. The number of nitrogens with zero attached hydrogens (tertiary/aromatic N) is 4. The van der Waals surface area contributed by atoms with Gasteiger partial charge in [-0.2, -0.15) is 0 Å². The lowest BCUT2D eigenvalue weighted by atomic mass is 9.72. The van der Waals surface area contributed by atoms with Crippen molar-refractivity contribution in [2.75, 3.05) is 32.7 Å². The summed E-state index contributed by atoms with van der Waals surface area (Å²) in [6.07, 6.45) is 8.45. The summed E-state index contributed by atoms with van der Waals surface area (Å²) >= 11 is 6.27. The Morgan fingerprint density at radius 2 is 2.00 bits per heavy atom. The Hall–Kier alpha value is -1.78. The van der Waals surface area contributed by atoms with Crippen LogP contribution in [0.4, 0.5) is 0 Å². The van der Waals surface area contributed by atoms with Crippen LogP contribution in [0.2, 0.25) is 0 Å². The van der Waals surface area contributed by atoms with Gasteiger partial charge in [0.2, 0.25) is 0 Å². The summed E-state index contributed by atoms with van der Waals surface area (Å²) in [5.74, 6) is 1.20. The molecule has 4 aliphatic rings. The highest BCUT2D eigenvalue weighted by Crippen LogP contribution is 2.44. The first kappa shape index (κ1) is 17.3. The Morgan fingerprint density at radius 3 is 2.78 bits per heavy atom. The molecule has 4 heterocycles. The number of hydrogen-bond donors (Lipinski definition) is 0. The van der Waals surface area contributed by atoms with E-state index < -0.39 is 0 Å². The minimum Gasteiger partial charge on any atom is -0.357 e. The minimum absolute atomic E-state index is 0.473. The summed E-state index contributed by atoms with van der Waals surface area (Å²) in [5, 5.41) is 1.01. The predicted octanol–water partition coefficient (Wildman–Crippen LogP) is 3.94. The lowest BCUT2D eigenvalue weighted by Crippen LogP contribution is -2.71. The first-order valence-corrected chi connectivity index (χ1v) is 10.4. The predicted molar refractivity (Wildman–Crippen MR) is 109 cm³/mol. The van der Waals surface area contributed by atoms with Crippen molar-refractivity contribution < 1.29 is 0 Å². The summed E-state index contributed by atoms with van der Waals surface area (Å²) in [6.45, 7) is 11.2. The van der Waals surface area contributed by atoms with Crippen LogP contribution >= 0.6 is 11.6 Å². The third-order valence-corrected chi connectivity index (χ3v) is 6.71. The molecular weight excluding hydrogens is 356 g/mol. The van der Waals surface area contributed by atoms with Gasteiger partial charge in [-0.15, -0.1) is 0 Å². The first-order chi connectivity index (χ1) is 13.1. The van der Waals surface area contributed by atoms with Crippen LogP contribution in [0.5, 0.6) is 0 Å². The van der Waals surface area contributed by atoms with Gasteiger partial charge >= 0.3 is 0 Å². The maximum Gasteiger partial charge on any atom is 0.101 e. The van der Waals surface area contributed by atoms with E-state index in [0.29, 0.717) is 5.41 Å². The van der Waals surface area contributed by atoms with Crippen LogP contribution < -0.4 is 0 Å². The van der Waals surface area contributed by atoms with Gasteiger partial charge in [0.05, 0.1) is 5.69 Å². The molecule has 0 amide bonds. The van der Waals surface area contributed by atoms with Crippen molar-refractivity contribution in [3.8, 4) is 0 Å². The summed E-state index contributed by atoms with van der Waals surface area (Å²) in [7, 11) is 0. The van der Waals surface area contributed by atoms with Crippen LogP contribution in [0, 0.1) is 5.41 Å². The molecule has 1 aromatic rings. The summed E-state index contributed by atoms with van der Waals surface area (Å²) in [4.78, 5) is 11.9. The number of allylic oxidation sites excluding steroid dienone is 4. The number of halogens is 1. The SMILES string of the molecule is C=C(N1CC2(CN(Cc3ccccn3)C2)C1)N1CCCC2=C1CCC(Cl)=C2. The summed E-state index contributed by atoms with van der Waals surface area (Å²) in [6, 6.07) is 6.17. The number of rotatable bonds is 4. The maximum absolute atomic E-state index is 6.27. The molecule has 1 aromatic heterocycles. The quantitative estimate of drug-likeness (QED) is 0.786. The van der Waals surface area contributed by atoms with Crippen LogP contribution in [-0.4, -0.2) is 52.4 Å². The van der Waals surface area contributed by atoms with Crippen LogP contribution in [0.3, 0.4) is 0 Å². The maximum atomic E-state index is 6.27. The van der Waals surface area contributed by atoms with E-state index in [1.165, 1.54) is 42.3 Å². The molecule has 0 atom stereocenters. The van der Waals surface area contributed by atoms with Crippen molar-refractivity contribution >= 4 is 11.6 Å². The average molecular weight is 383 g/mol. The molecule has 1 spiro atoms. The van der Waals surface area contributed by atoms with Crippen molar-refractivity contribution in [1.82, 2.24) is 19.7 Å². The van der Waals surface area contributed by atoms with Crippen LogP contribution in [0.1, 0.15) is 31.4 Å². The van der Waals surface area contributed by atoms with Crippen LogP contribution in [0.15, 0.2) is 59.2 Å². The molecule has 5 rings (SSSR count). The number of hydrogen-bond acceptors (Lipinski definition) is 4. The topological polar surface area (TPSA) is 22.6 Å². The van der Waals surface area contributed by atoms with E-state index in [1.807, 2.05) is 12.3 Å². The monoisotopic (exact) mass is 382 g/mol. The van der Waals surface area contributed by atoms with Gasteiger partial charge in [-0.05, 0) is 49.5 Å². The second-order valence-corrected chi connectivity index (χ2v) is 9.04. The van der Waals surface area contributed by atoms with E-state index in [2.05, 4.69) is 44.5 Å². The smallest absolute Gasteiger partial charge is 0.101 e. The van der Waals surface area contributed by atoms with E-state index in [1.54, 1.807) is 0 Å². The zero-order valence-corrected chi connectivity index (χ0v) is 16.6. The zero-order valence-electron chi connectivity index (χ0n) is 15.8. The Balaban J connectivity index is 1.17. The molecule has 0 unspecified atom stereocenters. The third-order valence-electron chi connectivity index (χ3n) is 6.41. The fraction of sp³-hybridized carbons (Fsp3) is 0.500. The van der Waals surface area contributed by atoms with E-state index in [-0.39, 0.29) is 0 Å². The first-order valence-electron chi connectivity index (χ1n) is 10.0. The van der Waals surface area contributed by atoms with Gasteiger partial charge in [-0.1, -0.05) is 24.2 Å². The normalized spacial score (nSPS) is 24.3. The molecule has 2 fully saturated rings. The Kier molecular flexibility index (Phi) is 4.29. The van der Waals surface area contributed by atoms with E-state index in [0.717, 1.165) is 50.5 Å². The molecule has 2 saturated heterocycles. The molecule has 0 saturated carbocycles. The van der Waals surface area contributed by atoms with Crippen molar-refractivity contribution in [2.24, 2.45) is 5.41 Å². The van der Waals surface area contributed by atoms with E-state index in [4.69, 9.17) is 11.6 Å². The minimum atomic E-state index is 0.473. The Bertz CT molecular complexity index is 799. The lowest BCUT2D eigenvalue weighted by molar-refractivity contribution is -0.112. The van der Waals surface area contributed by atoms with Crippen molar-refractivity contribution in [3.63, 3.8) is 0 Å². The molecule has 5 heteroatoms. The molecule has 142 valence electrons. The van der Waals surface area contributed by atoms with Crippen LogP contribution in [-0.2, 0) is 6.54 Å². The molecule has 0 radical (unpaired) electrons. The van der Waals surface area contributed by atoms with Gasteiger partial charge in [0.1, 0.15) is 5.82 Å². The Morgan fingerprint density at radius 1 is 1.15 bits per heavy atom. The van der Waals surface area contributed by atoms with Gasteiger partial charge < -0.3 is 9.80 Å². The molecule has 4 nitrogen and oxygen atoms in total. The lowest BCUT2D eigenvalue weighted by Gasteiger charge is -2.62. The number of aromatic nitrogens is 1. The largest absolute Gasteiger partial charge is 0.357 e. The molecule has 1 aliphatic carbocycles. The zero-order chi connectivity index (χ0) is 18.4. The molecule has 0 N–H and O–H groups in total. The third kappa shape index (κ3) is 3.19. The highest BCUT2D eigenvalue weighted by atomic mass is 35.5. The average Bonchev–Trinajstić information content (AvgIpc) is 2.62. The second kappa shape index (κ2) is 6.68. The molecule has 0 bridgehead atoms. The van der Waals surface area contributed by atoms with Crippen molar-refractivity contribution in [3.05, 3.63) is 64.9 Å². The van der Waals surface area contributed by atoms with E-state index >= 15 is 0 Å². The van der Waals surface area contributed by atoms with Crippen molar-refractivity contribution in [1.29, 1.82) is 0 Å². The van der Waals surface area contributed by atoms with E-state index in [9.17, 15) is 0 Å². The molecule has 27 heavy (non-hydrogen) atoms. The van der Waals surface area contributed by atoms with Gasteiger partial charge in [-0.3, -0.25) is 9.88 Å². The Labute approximate surface area is 166 Å². The fourth-order valence-electron chi connectivity index (χ4n) is 5.17. The summed E-state index contributed by atoms with van der Waals surface area (Å²) in [5.41, 5.74) is 4.53. The fourth-order valence-corrected chi connectivity index (χ4v) is 5.39. The molecule has 0 aromatic carbocycles. The highest BCUT2D eigenvalue weighted by Gasteiger charge is 2.52.